The zero-order chi connectivity index (χ0) is 13.1. The Morgan fingerprint density at radius 1 is 1.28 bits per heavy atom. The van der Waals surface area contributed by atoms with Crippen molar-refractivity contribution in [1.82, 2.24) is 4.98 Å². The van der Waals surface area contributed by atoms with Crippen LogP contribution in [0.15, 0.2) is 45.5 Å². The van der Waals surface area contributed by atoms with Gasteiger partial charge in [0.2, 0.25) is 0 Å². The average Bonchev–Trinajstić information content (AvgIpc) is 2.35. The van der Waals surface area contributed by atoms with Crippen LogP contribution >= 0.6 is 31.9 Å². The zero-order valence-corrected chi connectivity index (χ0v) is 12.3. The summed E-state index contributed by atoms with van der Waals surface area (Å²) in [6.07, 6.45) is 1.57. The quantitative estimate of drug-likeness (QED) is 0.850. The predicted octanol–water partition coefficient (Wildman–Crippen LogP) is 3.44. The lowest BCUT2D eigenvalue weighted by Crippen LogP contribution is -2.14. The van der Waals surface area contributed by atoms with Gasteiger partial charge in [0, 0.05) is 15.1 Å². The van der Waals surface area contributed by atoms with E-state index in [0.29, 0.717) is 21.5 Å². The number of carbonyl (C=O) groups excluding carboxylic acids is 1. The van der Waals surface area contributed by atoms with Gasteiger partial charge in [-0.1, -0.05) is 15.9 Å². The van der Waals surface area contributed by atoms with Gasteiger partial charge < -0.3 is 11.1 Å². The highest BCUT2D eigenvalue weighted by Crippen LogP contribution is 2.23. The van der Waals surface area contributed by atoms with E-state index in [1.54, 1.807) is 30.5 Å². The summed E-state index contributed by atoms with van der Waals surface area (Å²) >= 11 is 6.65. The van der Waals surface area contributed by atoms with Gasteiger partial charge in [-0.25, -0.2) is 4.98 Å². The number of halogens is 2. The maximum absolute atomic E-state index is 12.1. The molecule has 18 heavy (non-hydrogen) atoms. The molecule has 3 N–H and O–H groups in total. The van der Waals surface area contributed by atoms with Crippen molar-refractivity contribution >= 4 is 49.3 Å². The molecule has 0 bridgehead atoms. The molecule has 2 rings (SSSR count). The molecule has 1 heterocycles. The van der Waals surface area contributed by atoms with Crippen LogP contribution in [0.4, 0.5) is 11.5 Å². The van der Waals surface area contributed by atoms with Crippen molar-refractivity contribution in [1.29, 1.82) is 0 Å². The Labute approximate surface area is 121 Å². The van der Waals surface area contributed by atoms with Gasteiger partial charge in [-0.3, -0.25) is 4.79 Å². The molecule has 0 aliphatic heterocycles. The highest BCUT2D eigenvalue weighted by atomic mass is 79.9. The van der Waals surface area contributed by atoms with E-state index < -0.39 is 0 Å². The van der Waals surface area contributed by atoms with E-state index in [1.807, 2.05) is 6.07 Å². The van der Waals surface area contributed by atoms with Gasteiger partial charge in [0.1, 0.15) is 0 Å². The van der Waals surface area contributed by atoms with Gasteiger partial charge in [-0.15, -0.1) is 0 Å². The Bertz CT molecular complexity index is 602. The van der Waals surface area contributed by atoms with Crippen LogP contribution in [0.2, 0.25) is 0 Å². The maximum atomic E-state index is 12.1. The van der Waals surface area contributed by atoms with Crippen molar-refractivity contribution in [2.75, 3.05) is 11.1 Å². The molecule has 1 aromatic heterocycles. The molecule has 4 nitrogen and oxygen atoms in total. The van der Waals surface area contributed by atoms with E-state index >= 15 is 0 Å². The number of hydrogen-bond donors (Lipinski definition) is 2. The fourth-order valence-corrected chi connectivity index (χ4v) is 2.16. The molecule has 2 aromatic rings. The Morgan fingerprint density at radius 2 is 2.06 bits per heavy atom. The van der Waals surface area contributed by atoms with Gasteiger partial charge in [-0.05, 0) is 46.3 Å². The lowest BCUT2D eigenvalue weighted by molar-refractivity contribution is 0.102. The van der Waals surface area contributed by atoms with Gasteiger partial charge in [-0.2, -0.15) is 0 Å². The summed E-state index contributed by atoms with van der Waals surface area (Å²) in [5, 5.41) is 2.67. The molecule has 6 heteroatoms. The average molecular weight is 371 g/mol. The topological polar surface area (TPSA) is 68.0 Å². The SMILES string of the molecule is Nc1cccnc1NC(=O)c1cc(Br)ccc1Br. The molecule has 0 spiro atoms. The van der Waals surface area contributed by atoms with E-state index in [2.05, 4.69) is 42.2 Å². The van der Waals surface area contributed by atoms with E-state index in [0.717, 1.165) is 4.47 Å². The number of benzene rings is 1. The number of nitrogen functional groups attached to an aromatic ring is 1. The summed E-state index contributed by atoms with van der Waals surface area (Å²) in [6.45, 7) is 0. The Morgan fingerprint density at radius 3 is 2.78 bits per heavy atom. The molecule has 0 aliphatic carbocycles. The smallest absolute Gasteiger partial charge is 0.258 e. The lowest BCUT2D eigenvalue weighted by atomic mass is 10.2. The molecule has 0 unspecified atom stereocenters. The molecule has 0 atom stereocenters. The van der Waals surface area contributed by atoms with Gasteiger partial charge in [0.05, 0.1) is 11.3 Å². The second kappa shape index (κ2) is 5.49. The second-order valence-corrected chi connectivity index (χ2v) is 5.29. The molecule has 1 aromatic carbocycles. The van der Waals surface area contributed by atoms with Gasteiger partial charge in [0.25, 0.3) is 5.91 Å². The van der Waals surface area contributed by atoms with E-state index in [9.17, 15) is 4.79 Å². The molecule has 0 fully saturated rings. The summed E-state index contributed by atoms with van der Waals surface area (Å²) < 4.78 is 1.53. The second-order valence-electron chi connectivity index (χ2n) is 3.52. The van der Waals surface area contributed by atoms with Crippen LogP contribution in [0.25, 0.3) is 0 Å². The van der Waals surface area contributed by atoms with Gasteiger partial charge >= 0.3 is 0 Å². The number of amides is 1. The first kappa shape index (κ1) is 13.0. The fourth-order valence-electron chi connectivity index (χ4n) is 1.37. The first-order chi connectivity index (χ1) is 8.58. The van der Waals surface area contributed by atoms with E-state index in [1.165, 1.54) is 0 Å². The number of nitrogens with one attached hydrogen (secondary N) is 1. The highest BCUT2D eigenvalue weighted by molar-refractivity contribution is 9.11. The Hall–Kier alpha value is -1.40. The van der Waals surface area contributed by atoms with Crippen LogP contribution in [-0.2, 0) is 0 Å². The standard InChI is InChI=1S/C12H9Br2N3O/c13-7-3-4-9(14)8(6-7)12(18)17-11-10(15)2-1-5-16-11/h1-6H,15H2,(H,16,17,18). The van der Waals surface area contributed by atoms with Crippen molar-refractivity contribution in [2.24, 2.45) is 0 Å². The Kier molecular flexibility index (Phi) is 3.98. The van der Waals surface area contributed by atoms with Crippen molar-refractivity contribution in [3.05, 3.63) is 51.0 Å². The molecule has 1 amide bonds. The monoisotopic (exact) mass is 369 g/mol. The number of hydrogen-bond acceptors (Lipinski definition) is 3. The molecule has 92 valence electrons. The van der Waals surface area contributed by atoms with Crippen LogP contribution in [0, 0.1) is 0 Å². The van der Waals surface area contributed by atoms with E-state index in [4.69, 9.17) is 5.73 Å². The number of nitrogens with two attached hydrogens (primary N) is 1. The van der Waals surface area contributed by atoms with Crippen LogP contribution in [0.5, 0.6) is 0 Å². The zero-order valence-electron chi connectivity index (χ0n) is 9.15. The van der Waals surface area contributed by atoms with Gasteiger partial charge in [0.15, 0.2) is 5.82 Å². The summed E-state index contributed by atoms with van der Waals surface area (Å²) in [6, 6.07) is 8.74. The molecule has 0 saturated carbocycles. The van der Waals surface area contributed by atoms with Crippen molar-refractivity contribution in [3.63, 3.8) is 0 Å². The third-order valence-electron chi connectivity index (χ3n) is 2.24. The molecular weight excluding hydrogens is 362 g/mol. The summed E-state index contributed by atoms with van der Waals surface area (Å²) in [5.74, 6) is 0.0861. The number of rotatable bonds is 2. The van der Waals surface area contributed by atoms with Crippen LogP contribution < -0.4 is 11.1 Å². The maximum Gasteiger partial charge on any atom is 0.258 e. The summed E-state index contributed by atoms with van der Waals surface area (Å²) in [4.78, 5) is 16.1. The third-order valence-corrected chi connectivity index (χ3v) is 3.43. The number of carbonyl (C=O) groups is 1. The summed E-state index contributed by atoms with van der Waals surface area (Å²) in [5.41, 5.74) is 6.65. The number of anilines is 2. The molecule has 0 aliphatic rings. The number of pyridine rings is 1. The van der Waals surface area contributed by atoms with Crippen molar-refractivity contribution < 1.29 is 4.79 Å². The minimum atomic E-state index is -0.270. The van der Waals surface area contributed by atoms with Crippen molar-refractivity contribution in [2.45, 2.75) is 0 Å². The third kappa shape index (κ3) is 2.88. The van der Waals surface area contributed by atoms with Crippen LogP contribution in [0.3, 0.4) is 0 Å². The van der Waals surface area contributed by atoms with E-state index in [-0.39, 0.29) is 5.91 Å². The number of nitrogens with zero attached hydrogens (tertiary/aromatic N) is 1. The largest absolute Gasteiger partial charge is 0.396 e. The highest BCUT2D eigenvalue weighted by Gasteiger charge is 2.12. The fraction of sp³-hybridized carbons (Fsp3) is 0. The molecule has 0 saturated heterocycles. The minimum absolute atomic E-state index is 0.270. The van der Waals surface area contributed by atoms with Crippen molar-refractivity contribution in [3.8, 4) is 0 Å². The normalized spacial score (nSPS) is 10.1. The molecular formula is C12H9Br2N3O. The minimum Gasteiger partial charge on any atom is -0.396 e. The first-order valence-corrected chi connectivity index (χ1v) is 6.63. The Balaban J connectivity index is 2.28. The predicted molar refractivity (Wildman–Crippen MR) is 78.4 cm³/mol. The van der Waals surface area contributed by atoms with Crippen LogP contribution in [-0.4, -0.2) is 10.9 Å². The molecule has 0 radical (unpaired) electrons. The number of aromatic nitrogens is 1. The lowest BCUT2D eigenvalue weighted by Gasteiger charge is -2.08. The first-order valence-electron chi connectivity index (χ1n) is 5.05. The summed E-state index contributed by atoms with van der Waals surface area (Å²) in [7, 11) is 0. The van der Waals surface area contributed by atoms with Crippen LogP contribution in [0.1, 0.15) is 10.4 Å².